The molecule has 134 valence electrons. The lowest BCUT2D eigenvalue weighted by atomic mass is 9.99. The second-order valence-electron chi connectivity index (χ2n) is 5.94. The Morgan fingerprint density at radius 2 is 1.88 bits per heavy atom. The summed E-state index contributed by atoms with van der Waals surface area (Å²) >= 11 is 0. The van der Waals surface area contributed by atoms with Gasteiger partial charge in [-0.1, -0.05) is 12.1 Å². The van der Waals surface area contributed by atoms with E-state index in [9.17, 15) is 18.0 Å². The Kier molecular flexibility index (Phi) is 5.08. The highest BCUT2D eigenvalue weighted by atomic mass is 19.4. The summed E-state index contributed by atoms with van der Waals surface area (Å²) in [5.74, 6) is 0.344. The van der Waals surface area contributed by atoms with E-state index in [2.05, 4.69) is 10.4 Å². The molecular formula is C17H18F3N3O2. The number of amides is 1. The predicted octanol–water partition coefficient (Wildman–Crippen LogP) is 3.32. The average molecular weight is 353 g/mol. The number of rotatable bonds is 4. The zero-order valence-corrected chi connectivity index (χ0v) is 13.4. The molecule has 0 atom stereocenters. The maximum Gasteiger partial charge on any atom is 0.416 e. The van der Waals surface area contributed by atoms with Crippen molar-refractivity contribution in [3.8, 4) is 0 Å². The van der Waals surface area contributed by atoms with Gasteiger partial charge in [0.05, 0.1) is 18.3 Å². The molecule has 2 aromatic rings. The summed E-state index contributed by atoms with van der Waals surface area (Å²) < 4.78 is 44.6. The third-order valence-electron chi connectivity index (χ3n) is 4.17. The summed E-state index contributed by atoms with van der Waals surface area (Å²) in [7, 11) is 0. The van der Waals surface area contributed by atoms with Crippen LogP contribution in [0.1, 0.15) is 24.0 Å². The van der Waals surface area contributed by atoms with E-state index in [1.165, 1.54) is 12.1 Å². The third kappa shape index (κ3) is 4.39. The van der Waals surface area contributed by atoms with Gasteiger partial charge < -0.3 is 10.1 Å². The SMILES string of the molecule is O=C(Nc1ccnn1Cc1ccc(C(F)(F)F)cc1)C1CCOCC1. The fourth-order valence-corrected chi connectivity index (χ4v) is 2.72. The summed E-state index contributed by atoms with van der Waals surface area (Å²) in [5.41, 5.74) is -0.0250. The molecule has 2 heterocycles. The summed E-state index contributed by atoms with van der Waals surface area (Å²) in [6.07, 6.45) is -1.45. The maximum atomic E-state index is 12.6. The number of benzene rings is 1. The van der Waals surface area contributed by atoms with Gasteiger partial charge >= 0.3 is 6.18 Å². The van der Waals surface area contributed by atoms with Crippen LogP contribution in [0, 0.1) is 5.92 Å². The minimum atomic E-state index is -4.35. The van der Waals surface area contributed by atoms with Crippen molar-refractivity contribution in [3.05, 3.63) is 47.7 Å². The molecule has 0 spiro atoms. The average Bonchev–Trinajstić information content (AvgIpc) is 3.02. The molecule has 0 radical (unpaired) electrons. The fraction of sp³-hybridized carbons (Fsp3) is 0.412. The fourth-order valence-electron chi connectivity index (χ4n) is 2.72. The van der Waals surface area contributed by atoms with Crippen LogP contribution >= 0.6 is 0 Å². The second-order valence-corrected chi connectivity index (χ2v) is 5.94. The van der Waals surface area contributed by atoms with E-state index in [1.807, 2.05) is 0 Å². The molecule has 1 amide bonds. The zero-order valence-electron chi connectivity index (χ0n) is 13.4. The van der Waals surface area contributed by atoms with Crippen LogP contribution in [-0.2, 0) is 22.3 Å². The quantitative estimate of drug-likeness (QED) is 0.917. The van der Waals surface area contributed by atoms with E-state index in [4.69, 9.17) is 4.74 Å². The minimum Gasteiger partial charge on any atom is -0.381 e. The lowest BCUT2D eigenvalue weighted by molar-refractivity contribution is -0.137. The lowest BCUT2D eigenvalue weighted by Crippen LogP contribution is -2.29. The molecule has 8 heteroatoms. The number of alkyl halides is 3. The molecule has 25 heavy (non-hydrogen) atoms. The van der Waals surface area contributed by atoms with Gasteiger partial charge in [0, 0.05) is 25.2 Å². The summed E-state index contributed by atoms with van der Waals surface area (Å²) in [5, 5.41) is 6.98. The summed E-state index contributed by atoms with van der Waals surface area (Å²) in [6, 6.07) is 6.57. The van der Waals surface area contributed by atoms with Gasteiger partial charge in [-0.15, -0.1) is 0 Å². The van der Waals surface area contributed by atoms with Crippen molar-refractivity contribution in [2.75, 3.05) is 18.5 Å². The van der Waals surface area contributed by atoms with Gasteiger partial charge in [0.15, 0.2) is 0 Å². The number of carbonyl (C=O) groups is 1. The van der Waals surface area contributed by atoms with E-state index >= 15 is 0 Å². The first-order valence-electron chi connectivity index (χ1n) is 8.00. The number of halogens is 3. The Hall–Kier alpha value is -2.35. The van der Waals surface area contributed by atoms with Crippen molar-refractivity contribution < 1.29 is 22.7 Å². The van der Waals surface area contributed by atoms with Gasteiger partial charge in [-0.2, -0.15) is 18.3 Å². The number of ether oxygens (including phenoxy) is 1. The van der Waals surface area contributed by atoms with Crippen molar-refractivity contribution >= 4 is 11.7 Å². The number of hydrogen-bond acceptors (Lipinski definition) is 3. The van der Waals surface area contributed by atoms with Gasteiger partial charge in [0.1, 0.15) is 5.82 Å². The van der Waals surface area contributed by atoms with Gasteiger partial charge in [-0.3, -0.25) is 4.79 Å². The first-order valence-corrected chi connectivity index (χ1v) is 8.00. The monoisotopic (exact) mass is 353 g/mol. The Labute approximate surface area is 142 Å². The highest BCUT2D eigenvalue weighted by Crippen LogP contribution is 2.29. The third-order valence-corrected chi connectivity index (χ3v) is 4.17. The number of nitrogens with one attached hydrogen (secondary N) is 1. The van der Waals surface area contributed by atoms with E-state index in [0.29, 0.717) is 37.4 Å². The molecule has 3 rings (SSSR count). The first-order chi connectivity index (χ1) is 11.9. The molecule has 1 N–H and O–H groups in total. The zero-order chi connectivity index (χ0) is 17.9. The molecule has 1 aliphatic rings. The molecule has 1 aliphatic heterocycles. The minimum absolute atomic E-state index is 0.0857. The van der Waals surface area contributed by atoms with Crippen LogP contribution in [-0.4, -0.2) is 28.9 Å². The molecule has 1 aromatic carbocycles. The number of aromatic nitrogens is 2. The first kappa shape index (κ1) is 17.5. The lowest BCUT2D eigenvalue weighted by Gasteiger charge is -2.21. The standard InChI is InChI=1S/C17H18F3N3O2/c18-17(19,20)14-3-1-12(2-4-14)11-23-15(5-8-21-23)22-16(24)13-6-9-25-10-7-13/h1-5,8,13H,6-7,9-11H2,(H,22,24). The molecule has 1 aromatic heterocycles. The van der Waals surface area contributed by atoms with E-state index in [1.54, 1.807) is 16.9 Å². The number of nitrogens with zero attached hydrogens (tertiary/aromatic N) is 2. The number of carbonyl (C=O) groups excluding carboxylic acids is 1. The molecule has 0 bridgehead atoms. The molecule has 1 fully saturated rings. The van der Waals surface area contributed by atoms with Crippen molar-refractivity contribution in [1.29, 1.82) is 0 Å². The molecule has 5 nitrogen and oxygen atoms in total. The van der Waals surface area contributed by atoms with Crippen LogP contribution < -0.4 is 5.32 Å². The normalized spacial score (nSPS) is 16.0. The molecular weight excluding hydrogens is 335 g/mol. The van der Waals surface area contributed by atoms with Gasteiger partial charge in [0.2, 0.25) is 5.91 Å². The van der Waals surface area contributed by atoms with E-state index in [0.717, 1.165) is 12.1 Å². The molecule has 0 saturated carbocycles. The van der Waals surface area contributed by atoms with Crippen molar-refractivity contribution in [2.45, 2.75) is 25.6 Å². The van der Waals surface area contributed by atoms with Gasteiger partial charge in [-0.25, -0.2) is 4.68 Å². The molecule has 0 unspecified atom stereocenters. The van der Waals surface area contributed by atoms with E-state index < -0.39 is 11.7 Å². The van der Waals surface area contributed by atoms with Crippen molar-refractivity contribution in [3.63, 3.8) is 0 Å². The summed E-state index contributed by atoms with van der Waals surface area (Å²) in [6.45, 7) is 1.42. The van der Waals surface area contributed by atoms with Gasteiger partial charge in [0.25, 0.3) is 0 Å². The second kappa shape index (κ2) is 7.26. The highest BCUT2D eigenvalue weighted by Gasteiger charge is 2.30. The number of hydrogen-bond donors (Lipinski definition) is 1. The molecule has 0 aliphatic carbocycles. The van der Waals surface area contributed by atoms with Gasteiger partial charge in [-0.05, 0) is 30.5 Å². The Bertz CT molecular complexity index is 719. The van der Waals surface area contributed by atoms with Crippen molar-refractivity contribution in [1.82, 2.24) is 9.78 Å². The van der Waals surface area contributed by atoms with E-state index in [-0.39, 0.29) is 18.4 Å². The van der Waals surface area contributed by atoms with Crippen LogP contribution in [0.3, 0.4) is 0 Å². The Balaban J connectivity index is 1.66. The topological polar surface area (TPSA) is 56.2 Å². The van der Waals surface area contributed by atoms with Crippen LogP contribution in [0.2, 0.25) is 0 Å². The Morgan fingerprint density at radius 3 is 2.52 bits per heavy atom. The predicted molar refractivity (Wildman–Crippen MR) is 84.9 cm³/mol. The van der Waals surface area contributed by atoms with Crippen LogP contribution in [0.25, 0.3) is 0 Å². The molecule has 1 saturated heterocycles. The largest absolute Gasteiger partial charge is 0.416 e. The van der Waals surface area contributed by atoms with Crippen LogP contribution in [0.5, 0.6) is 0 Å². The van der Waals surface area contributed by atoms with Crippen molar-refractivity contribution in [2.24, 2.45) is 5.92 Å². The highest BCUT2D eigenvalue weighted by molar-refractivity contribution is 5.91. The van der Waals surface area contributed by atoms with Crippen LogP contribution in [0.15, 0.2) is 36.5 Å². The Morgan fingerprint density at radius 1 is 1.20 bits per heavy atom. The number of anilines is 1. The maximum absolute atomic E-state index is 12.6. The smallest absolute Gasteiger partial charge is 0.381 e. The summed E-state index contributed by atoms with van der Waals surface area (Å²) in [4.78, 5) is 12.3. The van der Waals surface area contributed by atoms with Crippen LogP contribution in [0.4, 0.5) is 19.0 Å².